The van der Waals surface area contributed by atoms with Crippen LogP contribution in [0, 0.1) is 11.7 Å². The number of hydrogen-bond donors (Lipinski definition) is 1. The van der Waals surface area contributed by atoms with Gasteiger partial charge in [0.2, 0.25) is 0 Å². The van der Waals surface area contributed by atoms with Gasteiger partial charge in [-0.1, -0.05) is 36.0 Å². The zero-order chi connectivity index (χ0) is 21.8. The molecular formula is C24H35Cl3FN3O2S. The number of benzene rings is 1. The van der Waals surface area contributed by atoms with Gasteiger partial charge in [-0.3, -0.25) is 19.4 Å². The topological polar surface area (TPSA) is 52.7 Å². The summed E-state index contributed by atoms with van der Waals surface area (Å²) in [6, 6.07) is 6.14. The lowest BCUT2D eigenvalue weighted by atomic mass is 9.93. The normalized spacial score (nSPS) is 23.2. The molecule has 1 aliphatic carbocycles. The SMILES string of the molecule is CC(=O)SC1CCN(C(C(=O)C2CC2)c2ccccc2F)C/C1=C/CN1CCNCC1.Cl.Cl.Cl. The summed E-state index contributed by atoms with van der Waals surface area (Å²) in [6.07, 6.45) is 4.86. The smallest absolute Gasteiger partial charge is 0.186 e. The maximum absolute atomic E-state index is 14.7. The van der Waals surface area contributed by atoms with Gasteiger partial charge in [0.1, 0.15) is 5.82 Å². The fourth-order valence-electron chi connectivity index (χ4n) is 4.59. The first-order valence-electron chi connectivity index (χ1n) is 11.3. The molecule has 3 aliphatic rings. The Hall–Kier alpha value is -0.670. The Balaban J connectivity index is 0.00000193. The number of piperidine rings is 1. The number of nitrogens with zero attached hydrogens (tertiary/aromatic N) is 2. The molecule has 1 aromatic carbocycles. The molecule has 4 rings (SSSR count). The van der Waals surface area contributed by atoms with Gasteiger partial charge in [0.25, 0.3) is 0 Å². The molecule has 1 N–H and O–H groups in total. The molecule has 2 saturated heterocycles. The molecule has 2 unspecified atom stereocenters. The monoisotopic (exact) mass is 553 g/mol. The molecule has 1 saturated carbocycles. The third kappa shape index (κ3) is 8.19. The van der Waals surface area contributed by atoms with Crippen LogP contribution in [0.25, 0.3) is 0 Å². The van der Waals surface area contributed by atoms with Gasteiger partial charge in [-0.2, -0.15) is 0 Å². The molecule has 2 aliphatic heterocycles. The van der Waals surface area contributed by atoms with Crippen LogP contribution in [-0.2, 0) is 9.59 Å². The van der Waals surface area contributed by atoms with E-state index in [1.54, 1.807) is 19.1 Å². The number of piperazine rings is 1. The third-order valence-corrected chi connectivity index (χ3v) is 7.58. The minimum atomic E-state index is -0.542. The van der Waals surface area contributed by atoms with E-state index in [0.717, 1.165) is 52.0 Å². The molecule has 0 spiro atoms. The summed E-state index contributed by atoms with van der Waals surface area (Å²) in [5, 5.41) is 3.62. The maximum Gasteiger partial charge on any atom is 0.186 e. The summed E-state index contributed by atoms with van der Waals surface area (Å²) in [4.78, 5) is 29.6. The Labute approximate surface area is 224 Å². The number of carbonyl (C=O) groups excluding carboxylic acids is 2. The van der Waals surface area contributed by atoms with Crippen molar-refractivity contribution in [3.05, 3.63) is 47.3 Å². The first-order valence-corrected chi connectivity index (χ1v) is 12.2. The quantitative estimate of drug-likeness (QED) is 0.508. The highest BCUT2D eigenvalue weighted by Gasteiger charge is 2.41. The molecule has 0 aromatic heterocycles. The minimum Gasteiger partial charge on any atom is -0.314 e. The van der Waals surface area contributed by atoms with E-state index in [2.05, 4.69) is 21.2 Å². The van der Waals surface area contributed by atoms with Gasteiger partial charge in [-0.05, 0) is 30.9 Å². The summed E-state index contributed by atoms with van der Waals surface area (Å²) >= 11 is 1.39. The van der Waals surface area contributed by atoms with E-state index >= 15 is 0 Å². The zero-order valence-electron chi connectivity index (χ0n) is 19.4. The zero-order valence-corrected chi connectivity index (χ0v) is 22.7. The maximum atomic E-state index is 14.7. The van der Waals surface area contributed by atoms with Gasteiger partial charge < -0.3 is 5.32 Å². The van der Waals surface area contributed by atoms with Crippen LogP contribution >= 0.6 is 49.0 Å². The van der Waals surface area contributed by atoms with Crippen LogP contribution < -0.4 is 5.32 Å². The summed E-state index contributed by atoms with van der Waals surface area (Å²) in [6.45, 7) is 7.76. The molecule has 0 radical (unpaired) electrons. The van der Waals surface area contributed by atoms with Crippen molar-refractivity contribution >= 4 is 59.9 Å². The average Bonchev–Trinajstić information content (AvgIpc) is 3.61. The van der Waals surface area contributed by atoms with Gasteiger partial charge in [0, 0.05) is 69.5 Å². The average molecular weight is 555 g/mol. The molecule has 1 aromatic rings. The van der Waals surface area contributed by atoms with Crippen LogP contribution in [0.3, 0.4) is 0 Å². The van der Waals surface area contributed by atoms with E-state index in [1.807, 2.05) is 6.07 Å². The molecule has 2 atom stereocenters. The van der Waals surface area contributed by atoms with E-state index in [1.165, 1.54) is 23.4 Å². The van der Waals surface area contributed by atoms with Gasteiger partial charge in [0.15, 0.2) is 10.9 Å². The first-order chi connectivity index (χ1) is 15.0. The molecule has 0 amide bonds. The van der Waals surface area contributed by atoms with Gasteiger partial charge in [-0.15, -0.1) is 37.2 Å². The summed E-state index contributed by atoms with van der Waals surface area (Å²) in [5.74, 6) is -0.112. The van der Waals surface area contributed by atoms with Crippen molar-refractivity contribution in [2.24, 2.45) is 5.92 Å². The second kappa shape index (κ2) is 14.8. The molecule has 5 nitrogen and oxygen atoms in total. The number of hydrogen-bond acceptors (Lipinski definition) is 6. The van der Waals surface area contributed by atoms with Crippen LogP contribution in [0.2, 0.25) is 0 Å². The molecule has 3 fully saturated rings. The van der Waals surface area contributed by atoms with Gasteiger partial charge >= 0.3 is 0 Å². The Morgan fingerprint density at radius 3 is 2.41 bits per heavy atom. The van der Waals surface area contributed by atoms with Crippen molar-refractivity contribution in [1.82, 2.24) is 15.1 Å². The number of nitrogens with one attached hydrogen (secondary N) is 1. The lowest BCUT2D eigenvalue weighted by molar-refractivity contribution is -0.126. The van der Waals surface area contributed by atoms with Crippen LogP contribution in [-0.4, -0.2) is 71.8 Å². The van der Waals surface area contributed by atoms with Crippen LogP contribution in [0.1, 0.15) is 37.8 Å². The van der Waals surface area contributed by atoms with Gasteiger partial charge in [-0.25, -0.2) is 4.39 Å². The van der Waals surface area contributed by atoms with Crippen molar-refractivity contribution in [1.29, 1.82) is 0 Å². The minimum absolute atomic E-state index is 0. The van der Waals surface area contributed by atoms with Crippen LogP contribution in [0.4, 0.5) is 4.39 Å². The number of ketones is 1. The second-order valence-corrected chi connectivity index (χ2v) is 10.2. The Morgan fingerprint density at radius 2 is 1.79 bits per heavy atom. The van der Waals surface area contributed by atoms with Crippen molar-refractivity contribution in [2.75, 3.05) is 45.8 Å². The van der Waals surface area contributed by atoms with Crippen molar-refractivity contribution in [3.63, 3.8) is 0 Å². The van der Waals surface area contributed by atoms with Crippen LogP contribution in [0.15, 0.2) is 35.9 Å². The van der Waals surface area contributed by atoms with E-state index in [-0.39, 0.29) is 65.1 Å². The number of halogens is 4. The summed E-state index contributed by atoms with van der Waals surface area (Å²) < 4.78 is 14.7. The molecule has 10 heteroatoms. The Morgan fingerprint density at radius 1 is 1.12 bits per heavy atom. The van der Waals surface area contributed by atoms with Crippen LogP contribution in [0.5, 0.6) is 0 Å². The number of rotatable bonds is 7. The Kier molecular flexibility index (Phi) is 13.6. The predicted octanol–water partition coefficient (Wildman–Crippen LogP) is 4.30. The van der Waals surface area contributed by atoms with Crippen molar-refractivity contribution in [2.45, 2.75) is 37.5 Å². The highest BCUT2D eigenvalue weighted by molar-refractivity contribution is 8.14. The third-order valence-electron chi connectivity index (χ3n) is 6.42. The van der Waals surface area contributed by atoms with Crippen molar-refractivity contribution < 1.29 is 14.0 Å². The summed E-state index contributed by atoms with van der Waals surface area (Å²) in [5.41, 5.74) is 1.67. The number of carbonyl (C=O) groups is 2. The molecule has 192 valence electrons. The van der Waals surface area contributed by atoms with E-state index < -0.39 is 6.04 Å². The number of thioether (sulfide) groups is 1. The largest absolute Gasteiger partial charge is 0.314 e. The first kappa shape index (κ1) is 31.4. The lowest BCUT2D eigenvalue weighted by Gasteiger charge is -2.39. The highest BCUT2D eigenvalue weighted by Crippen LogP contribution is 2.40. The van der Waals surface area contributed by atoms with E-state index in [4.69, 9.17) is 0 Å². The Bertz CT molecular complexity index is 851. The summed E-state index contributed by atoms with van der Waals surface area (Å²) in [7, 11) is 0. The number of Topliss-reactive ketones (excluding diaryl/α,β-unsaturated/α-hetero) is 1. The van der Waals surface area contributed by atoms with E-state index in [9.17, 15) is 14.0 Å². The molecule has 0 bridgehead atoms. The lowest BCUT2D eigenvalue weighted by Crippen LogP contribution is -2.45. The predicted molar refractivity (Wildman–Crippen MR) is 144 cm³/mol. The van der Waals surface area contributed by atoms with E-state index in [0.29, 0.717) is 18.7 Å². The molecule has 2 heterocycles. The standard InChI is InChI=1S/C24H32FN3O2S.3ClH/c1-17(29)31-22-9-13-28(16-19(22)8-12-27-14-10-26-11-15-27)23(24(30)18-6-7-18)20-4-2-3-5-21(20)25;;;/h2-5,8,18,22-23,26H,6-7,9-16H2,1H3;3*1H/b19-8-;;;. The van der Waals surface area contributed by atoms with Crippen molar-refractivity contribution in [3.8, 4) is 0 Å². The van der Waals surface area contributed by atoms with Gasteiger partial charge in [0.05, 0.1) is 6.04 Å². The second-order valence-electron chi connectivity index (χ2n) is 8.79. The number of likely N-dealkylation sites (tertiary alicyclic amines) is 1. The highest BCUT2D eigenvalue weighted by atomic mass is 35.5. The fourth-order valence-corrected chi connectivity index (χ4v) is 5.54. The fraction of sp³-hybridized carbons (Fsp3) is 0.583. The molecule has 34 heavy (non-hydrogen) atoms. The molecular weight excluding hydrogens is 520 g/mol.